The van der Waals surface area contributed by atoms with E-state index in [1.54, 1.807) is 35.7 Å². The first-order valence-corrected chi connectivity index (χ1v) is 11.2. The molecule has 0 atom stereocenters. The van der Waals surface area contributed by atoms with E-state index in [-0.39, 0.29) is 22.2 Å². The maximum Gasteiger partial charge on any atom is 0.250 e. The van der Waals surface area contributed by atoms with E-state index in [2.05, 4.69) is 9.44 Å². The van der Waals surface area contributed by atoms with Crippen LogP contribution < -0.4 is 9.44 Å². The smallest absolute Gasteiger partial charge is 0.211 e. The molecule has 0 unspecified atom stereocenters. The summed E-state index contributed by atoms with van der Waals surface area (Å²) in [6.07, 6.45) is 0.356. The van der Waals surface area contributed by atoms with E-state index in [4.69, 9.17) is 0 Å². The predicted molar refractivity (Wildman–Crippen MR) is 95.2 cm³/mol. The summed E-state index contributed by atoms with van der Waals surface area (Å²) in [4.78, 5) is 0.197. The largest absolute Gasteiger partial charge is 0.250 e. The van der Waals surface area contributed by atoms with E-state index in [0.29, 0.717) is 6.42 Å². The number of aryl methyl sites for hydroxylation is 2. The molecule has 0 aliphatic rings. The van der Waals surface area contributed by atoms with Crippen LogP contribution in [0.3, 0.4) is 0 Å². The van der Waals surface area contributed by atoms with Gasteiger partial charge in [-0.3, -0.25) is 0 Å². The van der Waals surface area contributed by atoms with Gasteiger partial charge in [0.05, 0.1) is 4.90 Å². The number of hydrogen-bond acceptors (Lipinski definition) is 5. The molecule has 0 bridgehead atoms. The Labute approximate surface area is 147 Å². The van der Waals surface area contributed by atoms with Crippen LogP contribution in [0.2, 0.25) is 0 Å². The van der Waals surface area contributed by atoms with Crippen LogP contribution >= 0.6 is 11.3 Å². The molecule has 1 aromatic heterocycles. The third-order valence-corrected chi connectivity index (χ3v) is 7.74. The molecule has 0 saturated heterocycles. The van der Waals surface area contributed by atoms with Crippen molar-refractivity contribution in [1.29, 1.82) is 0 Å². The summed E-state index contributed by atoms with van der Waals surface area (Å²) in [5.41, 5.74) is 1.87. The van der Waals surface area contributed by atoms with Gasteiger partial charge in [-0.05, 0) is 49.4 Å². The SMILES string of the molecule is Cc1ccc(S(=O)(=O)NCCCNS(=O)(=O)c2cc(C)cs2)cc1. The van der Waals surface area contributed by atoms with E-state index in [0.717, 1.165) is 22.5 Å². The molecule has 2 rings (SSSR count). The molecule has 24 heavy (non-hydrogen) atoms. The molecule has 132 valence electrons. The van der Waals surface area contributed by atoms with Crippen LogP contribution in [0.4, 0.5) is 0 Å². The lowest BCUT2D eigenvalue weighted by Gasteiger charge is -2.08. The fourth-order valence-corrected chi connectivity index (χ4v) is 5.34. The second-order valence-corrected chi connectivity index (χ2v) is 10.1. The minimum atomic E-state index is -3.57. The van der Waals surface area contributed by atoms with Crippen molar-refractivity contribution < 1.29 is 16.8 Å². The van der Waals surface area contributed by atoms with Crippen molar-refractivity contribution in [2.24, 2.45) is 0 Å². The van der Waals surface area contributed by atoms with Crippen molar-refractivity contribution >= 4 is 31.4 Å². The zero-order valence-electron chi connectivity index (χ0n) is 13.4. The fourth-order valence-electron chi connectivity index (χ4n) is 1.92. The van der Waals surface area contributed by atoms with Gasteiger partial charge in [-0.25, -0.2) is 26.3 Å². The summed E-state index contributed by atoms with van der Waals surface area (Å²) in [5.74, 6) is 0. The first-order valence-electron chi connectivity index (χ1n) is 7.32. The highest BCUT2D eigenvalue weighted by Gasteiger charge is 2.16. The van der Waals surface area contributed by atoms with Gasteiger partial charge in [0, 0.05) is 13.1 Å². The van der Waals surface area contributed by atoms with Crippen molar-refractivity contribution in [1.82, 2.24) is 9.44 Å². The first-order chi connectivity index (χ1) is 11.2. The highest BCUT2D eigenvalue weighted by Crippen LogP contribution is 2.19. The average molecular weight is 389 g/mol. The van der Waals surface area contributed by atoms with Gasteiger partial charge in [-0.2, -0.15) is 0 Å². The van der Waals surface area contributed by atoms with E-state index in [9.17, 15) is 16.8 Å². The summed E-state index contributed by atoms with van der Waals surface area (Å²) in [6, 6.07) is 8.14. The van der Waals surface area contributed by atoms with Crippen molar-refractivity contribution in [3.05, 3.63) is 46.8 Å². The molecule has 0 spiro atoms. The Hall–Kier alpha value is -1.26. The van der Waals surface area contributed by atoms with Gasteiger partial charge in [0.15, 0.2) is 0 Å². The molecular weight excluding hydrogens is 368 g/mol. The molecular formula is C15H20N2O4S3. The minimum absolute atomic E-state index is 0.155. The molecule has 6 nitrogen and oxygen atoms in total. The van der Waals surface area contributed by atoms with Crippen LogP contribution in [0.15, 0.2) is 44.8 Å². The van der Waals surface area contributed by atoms with Crippen LogP contribution in [-0.4, -0.2) is 29.9 Å². The van der Waals surface area contributed by atoms with E-state index in [1.807, 2.05) is 13.8 Å². The second-order valence-electron chi connectivity index (χ2n) is 5.41. The lowest BCUT2D eigenvalue weighted by atomic mass is 10.2. The Kier molecular flexibility index (Phi) is 6.16. The summed E-state index contributed by atoms with van der Waals surface area (Å²) in [6.45, 7) is 4.03. The fraction of sp³-hybridized carbons (Fsp3) is 0.333. The maximum atomic E-state index is 12.1. The van der Waals surface area contributed by atoms with Gasteiger partial charge < -0.3 is 0 Å². The van der Waals surface area contributed by atoms with Crippen molar-refractivity contribution in [2.45, 2.75) is 29.4 Å². The number of thiophene rings is 1. The van der Waals surface area contributed by atoms with Gasteiger partial charge in [0.25, 0.3) is 0 Å². The lowest BCUT2D eigenvalue weighted by molar-refractivity contribution is 0.573. The van der Waals surface area contributed by atoms with E-state index in [1.165, 1.54) is 0 Å². The molecule has 0 aliphatic carbocycles. The van der Waals surface area contributed by atoms with E-state index < -0.39 is 20.0 Å². The number of sulfonamides is 2. The van der Waals surface area contributed by atoms with Crippen LogP contribution in [0, 0.1) is 13.8 Å². The number of benzene rings is 1. The molecule has 0 fully saturated rings. The standard InChI is InChI=1S/C15H20N2O4S3/c1-12-4-6-14(7-5-12)23(18,19)16-8-3-9-17-24(20,21)15-10-13(2)11-22-15/h4-7,10-11,16-17H,3,8-9H2,1-2H3. The number of rotatable bonds is 8. The summed E-state index contributed by atoms with van der Waals surface area (Å²) in [7, 11) is -7.09. The predicted octanol–water partition coefficient (Wildman–Crippen LogP) is 2.01. The number of hydrogen-bond donors (Lipinski definition) is 2. The summed E-state index contributed by atoms with van der Waals surface area (Å²) < 4.78 is 53.4. The highest BCUT2D eigenvalue weighted by molar-refractivity contribution is 7.91. The molecule has 9 heteroatoms. The van der Waals surface area contributed by atoms with Gasteiger partial charge in [-0.15, -0.1) is 11.3 Å². The first kappa shape index (κ1) is 19.1. The van der Waals surface area contributed by atoms with Crippen molar-refractivity contribution in [3.8, 4) is 0 Å². The topological polar surface area (TPSA) is 92.3 Å². The second kappa shape index (κ2) is 7.75. The van der Waals surface area contributed by atoms with Crippen LogP contribution in [0.5, 0.6) is 0 Å². The van der Waals surface area contributed by atoms with Gasteiger partial charge in [-0.1, -0.05) is 17.7 Å². The Bertz CT molecular complexity index is 885. The molecule has 0 amide bonds. The van der Waals surface area contributed by atoms with Gasteiger partial charge >= 0.3 is 0 Å². The third-order valence-electron chi connectivity index (χ3n) is 3.24. The molecule has 1 heterocycles. The quantitative estimate of drug-likeness (QED) is 0.677. The van der Waals surface area contributed by atoms with Crippen LogP contribution in [0.25, 0.3) is 0 Å². The van der Waals surface area contributed by atoms with Crippen LogP contribution in [-0.2, 0) is 20.0 Å². The Morgan fingerprint density at radius 1 is 0.875 bits per heavy atom. The molecule has 2 N–H and O–H groups in total. The minimum Gasteiger partial charge on any atom is -0.211 e. The van der Waals surface area contributed by atoms with Gasteiger partial charge in [0.1, 0.15) is 4.21 Å². The highest BCUT2D eigenvalue weighted by atomic mass is 32.2. The van der Waals surface area contributed by atoms with Crippen molar-refractivity contribution in [3.63, 3.8) is 0 Å². The lowest BCUT2D eigenvalue weighted by Crippen LogP contribution is -2.29. The average Bonchev–Trinajstić information content (AvgIpc) is 2.94. The van der Waals surface area contributed by atoms with Crippen LogP contribution in [0.1, 0.15) is 17.5 Å². The third kappa shape index (κ3) is 5.12. The molecule has 0 saturated carbocycles. The Morgan fingerprint density at radius 2 is 1.46 bits per heavy atom. The summed E-state index contributed by atoms with van der Waals surface area (Å²) >= 11 is 1.16. The number of nitrogens with one attached hydrogen (secondary N) is 2. The van der Waals surface area contributed by atoms with Gasteiger partial charge in [0.2, 0.25) is 20.0 Å². The molecule has 0 aliphatic heterocycles. The summed E-state index contributed by atoms with van der Waals surface area (Å²) in [5, 5.41) is 1.77. The normalized spacial score (nSPS) is 12.4. The van der Waals surface area contributed by atoms with Crippen molar-refractivity contribution in [2.75, 3.05) is 13.1 Å². The molecule has 0 radical (unpaired) electrons. The maximum absolute atomic E-state index is 12.1. The monoisotopic (exact) mass is 388 g/mol. The molecule has 1 aromatic carbocycles. The zero-order chi connectivity index (χ0) is 17.8. The Morgan fingerprint density at radius 3 is 2.00 bits per heavy atom. The van der Waals surface area contributed by atoms with E-state index >= 15 is 0 Å². The zero-order valence-corrected chi connectivity index (χ0v) is 15.9. The Balaban J connectivity index is 1.81. The molecule has 2 aromatic rings.